The second-order valence-electron chi connectivity index (χ2n) is 5.59. The summed E-state index contributed by atoms with van der Waals surface area (Å²) in [7, 11) is 0. The summed E-state index contributed by atoms with van der Waals surface area (Å²) in [4.78, 5) is 6.94. The predicted molar refractivity (Wildman–Crippen MR) is 83.8 cm³/mol. The van der Waals surface area contributed by atoms with Gasteiger partial charge in [0.1, 0.15) is 5.15 Å². The SMILES string of the molecule is NCC1CCN(Cc2cc3ccccc3nc2Cl)CC1. The molecule has 1 aromatic carbocycles. The van der Waals surface area contributed by atoms with Gasteiger partial charge in [-0.15, -0.1) is 0 Å². The number of hydrogen-bond donors (Lipinski definition) is 1. The van der Waals surface area contributed by atoms with Gasteiger partial charge in [0.25, 0.3) is 0 Å². The monoisotopic (exact) mass is 289 g/mol. The maximum absolute atomic E-state index is 6.32. The van der Waals surface area contributed by atoms with Crippen molar-refractivity contribution in [3.63, 3.8) is 0 Å². The van der Waals surface area contributed by atoms with Crippen molar-refractivity contribution in [1.82, 2.24) is 9.88 Å². The first-order valence-corrected chi connectivity index (χ1v) is 7.60. The Balaban J connectivity index is 1.76. The minimum atomic E-state index is 0.629. The maximum atomic E-state index is 6.32. The largest absolute Gasteiger partial charge is 0.330 e. The van der Waals surface area contributed by atoms with Gasteiger partial charge in [0, 0.05) is 17.5 Å². The lowest BCUT2D eigenvalue weighted by molar-refractivity contribution is 0.180. The Labute approximate surface area is 124 Å². The van der Waals surface area contributed by atoms with Gasteiger partial charge in [-0.25, -0.2) is 4.98 Å². The number of pyridine rings is 1. The topological polar surface area (TPSA) is 42.1 Å². The van der Waals surface area contributed by atoms with Gasteiger partial charge in [0.15, 0.2) is 0 Å². The number of nitrogens with zero attached hydrogens (tertiary/aromatic N) is 2. The third-order valence-corrected chi connectivity index (χ3v) is 4.51. The summed E-state index contributed by atoms with van der Waals surface area (Å²) in [6, 6.07) is 10.3. The van der Waals surface area contributed by atoms with Crippen LogP contribution in [0.2, 0.25) is 5.15 Å². The normalized spacial score (nSPS) is 17.7. The number of hydrogen-bond acceptors (Lipinski definition) is 3. The van der Waals surface area contributed by atoms with Crippen LogP contribution in [0.15, 0.2) is 30.3 Å². The first kappa shape index (κ1) is 13.8. The molecule has 1 fully saturated rings. The third kappa shape index (κ3) is 2.95. The third-order valence-electron chi connectivity index (χ3n) is 4.18. The quantitative estimate of drug-likeness (QED) is 0.883. The van der Waals surface area contributed by atoms with Crippen LogP contribution in [0, 0.1) is 5.92 Å². The van der Waals surface area contributed by atoms with E-state index in [2.05, 4.69) is 22.0 Å². The lowest BCUT2D eigenvalue weighted by Crippen LogP contribution is -2.35. The number of piperidine rings is 1. The fraction of sp³-hybridized carbons (Fsp3) is 0.438. The molecular weight excluding hydrogens is 270 g/mol. The van der Waals surface area contributed by atoms with Gasteiger partial charge >= 0.3 is 0 Å². The van der Waals surface area contributed by atoms with E-state index in [9.17, 15) is 0 Å². The van der Waals surface area contributed by atoms with E-state index in [0.717, 1.165) is 42.6 Å². The van der Waals surface area contributed by atoms with Crippen molar-refractivity contribution in [3.05, 3.63) is 41.0 Å². The highest BCUT2D eigenvalue weighted by molar-refractivity contribution is 6.30. The fourth-order valence-corrected chi connectivity index (χ4v) is 3.07. The number of likely N-dealkylation sites (tertiary alicyclic amines) is 1. The van der Waals surface area contributed by atoms with Crippen LogP contribution in [-0.2, 0) is 6.54 Å². The maximum Gasteiger partial charge on any atom is 0.134 e. The molecule has 2 aromatic rings. The zero-order valence-electron chi connectivity index (χ0n) is 11.6. The highest BCUT2D eigenvalue weighted by Gasteiger charge is 2.19. The summed E-state index contributed by atoms with van der Waals surface area (Å²) in [5.41, 5.74) is 7.82. The Kier molecular flexibility index (Phi) is 4.20. The zero-order chi connectivity index (χ0) is 13.9. The van der Waals surface area contributed by atoms with Crippen LogP contribution >= 0.6 is 11.6 Å². The van der Waals surface area contributed by atoms with E-state index in [-0.39, 0.29) is 0 Å². The molecule has 0 atom stereocenters. The van der Waals surface area contributed by atoms with Gasteiger partial charge < -0.3 is 5.73 Å². The van der Waals surface area contributed by atoms with Crippen molar-refractivity contribution in [2.75, 3.05) is 19.6 Å². The van der Waals surface area contributed by atoms with Crippen molar-refractivity contribution in [1.29, 1.82) is 0 Å². The van der Waals surface area contributed by atoms with Gasteiger partial charge in [-0.1, -0.05) is 29.8 Å². The molecule has 3 rings (SSSR count). The molecule has 1 saturated heterocycles. The molecule has 0 spiro atoms. The summed E-state index contributed by atoms with van der Waals surface area (Å²) in [6.07, 6.45) is 2.38. The molecule has 1 aliphatic rings. The molecule has 2 heterocycles. The molecule has 4 heteroatoms. The van der Waals surface area contributed by atoms with E-state index >= 15 is 0 Å². The second kappa shape index (κ2) is 6.08. The van der Waals surface area contributed by atoms with E-state index in [0.29, 0.717) is 11.1 Å². The Morgan fingerprint density at radius 3 is 2.75 bits per heavy atom. The summed E-state index contributed by atoms with van der Waals surface area (Å²) in [5.74, 6) is 0.691. The number of rotatable bonds is 3. The number of halogens is 1. The van der Waals surface area contributed by atoms with Crippen molar-refractivity contribution < 1.29 is 0 Å². The highest BCUT2D eigenvalue weighted by atomic mass is 35.5. The molecule has 0 radical (unpaired) electrons. The van der Waals surface area contributed by atoms with Gasteiger partial charge in [0.2, 0.25) is 0 Å². The van der Waals surface area contributed by atoms with E-state index in [4.69, 9.17) is 17.3 Å². The average Bonchev–Trinajstić information content (AvgIpc) is 2.49. The molecule has 0 amide bonds. The minimum Gasteiger partial charge on any atom is -0.330 e. The number of benzene rings is 1. The van der Waals surface area contributed by atoms with Crippen molar-refractivity contribution in [2.45, 2.75) is 19.4 Å². The lowest BCUT2D eigenvalue weighted by Gasteiger charge is -2.31. The number of fused-ring (bicyclic) bond motifs is 1. The zero-order valence-corrected chi connectivity index (χ0v) is 12.3. The average molecular weight is 290 g/mol. The number of nitrogens with two attached hydrogens (primary N) is 1. The van der Waals surface area contributed by atoms with Gasteiger partial charge in [0.05, 0.1) is 5.52 Å². The Morgan fingerprint density at radius 1 is 1.25 bits per heavy atom. The standard InChI is InChI=1S/C16H20ClN3/c17-16-14(9-13-3-1-2-4-15(13)19-16)11-20-7-5-12(10-18)6-8-20/h1-4,9,12H,5-8,10-11,18H2. The second-order valence-corrected chi connectivity index (χ2v) is 5.94. The first-order chi connectivity index (χ1) is 9.76. The smallest absolute Gasteiger partial charge is 0.134 e. The van der Waals surface area contributed by atoms with Crippen molar-refractivity contribution in [3.8, 4) is 0 Å². The van der Waals surface area contributed by atoms with E-state index < -0.39 is 0 Å². The van der Waals surface area contributed by atoms with Crippen LogP contribution < -0.4 is 5.73 Å². The molecular formula is C16H20ClN3. The highest BCUT2D eigenvalue weighted by Crippen LogP contribution is 2.24. The van der Waals surface area contributed by atoms with Crippen LogP contribution in [-0.4, -0.2) is 29.5 Å². The van der Waals surface area contributed by atoms with E-state index in [1.807, 2.05) is 18.2 Å². The van der Waals surface area contributed by atoms with Crippen LogP contribution in [0.4, 0.5) is 0 Å². The minimum absolute atomic E-state index is 0.629. The van der Waals surface area contributed by atoms with Crippen molar-refractivity contribution >= 4 is 22.5 Å². The molecule has 3 nitrogen and oxygen atoms in total. The van der Waals surface area contributed by atoms with Gasteiger partial charge in [-0.05, 0) is 50.5 Å². The van der Waals surface area contributed by atoms with Crippen molar-refractivity contribution in [2.24, 2.45) is 11.7 Å². The predicted octanol–water partition coefficient (Wildman–Crippen LogP) is 3.06. The summed E-state index contributed by atoms with van der Waals surface area (Å²) < 4.78 is 0. The van der Waals surface area contributed by atoms with Gasteiger partial charge in [-0.2, -0.15) is 0 Å². The van der Waals surface area contributed by atoms with E-state index in [1.165, 1.54) is 12.8 Å². The molecule has 0 saturated carbocycles. The molecule has 1 aliphatic heterocycles. The fourth-order valence-electron chi connectivity index (χ4n) is 2.87. The molecule has 106 valence electrons. The lowest BCUT2D eigenvalue weighted by atomic mass is 9.97. The summed E-state index contributed by atoms with van der Waals surface area (Å²) in [6.45, 7) is 3.90. The molecule has 2 N–H and O–H groups in total. The van der Waals surface area contributed by atoms with Crippen LogP contribution in [0.1, 0.15) is 18.4 Å². The van der Waals surface area contributed by atoms with Crippen LogP contribution in [0.5, 0.6) is 0 Å². The molecule has 1 aromatic heterocycles. The van der Waals surface area contributed by atoms with Crippen LogP contribution in [0.3, 0.4) is 0 Å². The Hall–Kier alpha value is -1.16. The van der Waals surface area contributed by atoms with Crippen LogP contribution in [0.25, 0.3) is 10.9 Å². The summed E-state index contributed by atoms with van der Waals surface area (Å²) in [5, 5.41) is 1.79. The van der Waals surface area contributed by atoms with Gasteiger partial charge in [-0.3, -0.25) is 4.90 Å². The number of para-hydroxylation sites is 1. The molecule has 20 heavy (non-hydrogen) atoms. The molecule has 0 unspecified atom stereocenters. The van der Waals surface area contributed by atoms with E-state index in [1.54, 1.807) is 0 Å². The first-order valence-electron chi connectivity index (χ1n) is 7.23. The molecule has 0 bridgehead atoms. The molecule has 0 aliphatic carbocycles. The number of aromatic nitrogens is 1. The Bertz CT molecular complexity index is 591. The summed E-state index contributed by atoms with van der Waals surface area (Å²) >= 11 is 6.32. The Morgan fingerprint density at radius 2 is 2.00 bits per heavy atom.